The van der Waals surface area contributed by atoms with Crippen molar-refractivity contribution >= 4 is 32.4 Å². The monoisotopic (exact) mass is 525 g/mol. The first-order valence-corrected chi connectivity index (χ1v) is 12.8. The van der Waals surface area contributed by atoms with Crippen LogP contribution in [0.4, 0.5) is 5.69 Å². The first kappa shape index (κ1) is 22.3. The first-order valence-electron chi connectivity index (χ1n) is 12.0. The highest BCUT2D eigenvalue weighted by molar-refractivity contribution is 9.10. The summed E-state index contributed by atoms with van der Waals surface area (Å²) in [7, 11) is 0. The molecule has 0 aromatic heterocycles. The molecule has 0 radical (unpaired) electrons. The molecule has 0 bridgehead atoms. The largest absolute Gasteiger partial charge is 0.399 e. The van der Waals surface area contributed by atoms with Crippen molar-refractivity contribution in [3.63, 3.8) is 0 Å². The number of nitrogen functional groups attached to an aromatic ring is 1. The Morgan fingerprint density at radius 3 is 1.86 bits per heavy atom. The molecule has 36 heavy (non-hydrogen) atoms. The number of rotatable bonds is 4. The predicted octanol–water partition coefficient (Wildman–Crippen LogP) is 9.85. The Balaban J connectivity index is 1.42. The van der Waals surface area contributed by atoms with Crippen molar-refractivity contribution < 1.29 is 0 Å². The molecule has 0 saturated carbocycles. The second-order valence-corrected chi connectivity index (χ2v) is 9.82. The van der Waals surface area contributed by atoms with E-state index >= 15 is 0 Å². The molecule has 0 aliphatic carbocycles. The minimum Gasteiger partial charge on any atom is -0.399 e. The molecule has 0 unspecified atom stereocenters. The molecule has 6 rings (SSSR count). The third-order valence-electron chi connectivity index (χ3n) is 6.70. The van der Waals surface area contributed by atoms with Gasteiger partial charge >= 0.3 is 0 Å². The van der Waals surface area contributed by atoms with Gasteiger partial charge in [-0.3, -0.25) is 0 Å². The van der Waals surface area contributed by atoms with Gasteiger partial charge in [0.2, 0.25) is 0 Å². The number of fused-ring (bicyclic) bond motifs is 1. The lowest BCUT2D eigenvalue weighted by molar-refractivity contribution is 1.54. The van der Waals surface area contributed by atoms with Crippen LogP contribution in [-0.2, 0) is 0 Å². The van der Waals surface area contributed by atoms with Gasteiger partial charge in [0.25, 0.3) is 0 Å². The van der Waals surface area contributed by atoms with Crippen molar-refractivity contribution in [2.24, 2.45) is 0 Å². The predicted molar refractivity (Wildman–Crippen MR) is 158 cm³/mol. The average Bonchev–Trinajstić information content (AvgIpc) is 2.94. The number of hydrogen-bond donors (Lipinski definition) is 1. The van der Waals surface area contributed by atoms with Crippen LogP contribution in [0, 0.1) is 0 Å². The fraction of sp³-hybridized carbons (Fsp3) is 0. The van der Waals surface area contributed by atoms with Gasteiger partial charge in [0.15, 0.2) is 0 Å². The Kier molecular flexibility index (Phi) is 5.88. The molecule has 0 saturated heterocycles. The van der Waals surface area contributed by atoms with E-state index < -0.39 is 0 Å². The molecule has 0 atom stereocenters. The van der Waals surface area contributed by atoms with E-state index in [1.165, 1.54) is 33.0 Å². The van der Waals surface area contributed by atoms with Gasteiger partial charge in [0.05, 0.1) is 0 Å². The van der Waals surface area contributed by atoms with Crippen LogP contribution in [0.15, 0.2) is 138 Å². The Morgan fingerprint density at radius 1 is 0.417 bits per heavy atom. The Hall–Kier alpha value is -4.14. The molecule has 0 aliphatic heterocycles. The van der Waals surface area contributed by atoms with Crippen LogP contribution in [0.3, 0.4) is 0 Å². The van der Waals surface area contributed by atoms with Gasteiger partial charge in [-0.2, -0.15) is 0 Å². The highest BCUT2D eigenvalue weighted by Crippen LogP contribution is 2.39. The van der Waals surface area contributed by atoms with Gasteiger partial charge in [-0.1, -0.05) is 125 Å². The van der Waals surface area contributed by atoms with E-state index in [4.69, 9.17) is 5.73 Å². The topological polar surface area (TPSA) is 26.0 Å². The molecular formula is C34H24BrN. The van der Waals surface area contributed by atoms with Crippen LogP contribution in [-0.4, -0.2) is 0 Å². The summed E-state index contributed by atoms with van der Waals surface area (Å²) < 4.78 is 1.06. The van der Waals surface area contributed by atoms with Crippen molar-refractivity contribution in [1.82, 2.24) is 0 Å². The van der Waals surface area contributed by atoms with Crippen molar-refractivity contribution in [3.8, 4) is 44.5 Å². The second kappa shape index (κ2) is 9.49. The highest BCUT2D eigenvalue weighted by atomic mass is 79.9. The zero-order valence-corrected chi connectivity index (χ0v) is 21.2. The molecule has 0 heterocycles. The smallest absolute Gasteiger partial charge is 0.0320 e. The summed E-state index contributed by atoms with van der Waals surface area (Å²) in [5.74, 6) is 0. The minimum atomic E-state index is 0.758. The van der Waals surface area contributed by atoms with Gasteiger partial charge in [0, 0.05) is 10.2 Å². The van der Waals surface area contributed by atoms with Gasteiger partial charge < -0.3 is 5.73 Å². The first-order chi connectivity index (χ1) is 17.7. The summed E-state index contributed by atoms with van der Waals surface area (Å²) in [6.07, 6.45) is 0. The third-order valence-corrected chi connectivity index (χ3v) is 7.39. The highest BCUT2D eigenvalue weighted by Gasteiger charge is 2.12. The SMILES string of the molecule is Nc1ccc(-c2ccccc2)c(-c2ccc(Br)c(-c3ccc(-c4cccc5ccccc45)cc3)c2)c1. The maximum absolute atomic E-state index is 6.22. The Morgan fingerprint density at radius 2 is 1.06 bits per heavy atom. The fourth-order valence-electron chi connectivity index (χ4n) is 4.89. The molecule has 6 aromatic rings. The van der Waals surface area contributed by atoms with E-state index in [9.17, 15) is 0 Å². The lowest BCUT2D eigenvalue weighted by Crippen LogP contribution is -1.91. The maximum Gasteiger partial charge on any atom is 0.0320 e. The van der Waals surface area contributed by atoms with Gasteiger partial charge in [-0.25, -0.2) is 0 Å². The summed E-state index contributed by atoms with van der Waals surface area (Å²) in [5.41, 5.74) is 16.4. The van der Waals surface area contributed by atoms with E-state index in [1.807, 2.05) is 12.1 Å². The van der Waals surface area contributed by atoms with Gasteiger partial charge in [0.1, 0.15) is 0 Å². The average molecular weight is 526 g/mol. The van der Waals surface area contributed by atoms with Crippen molar-refractivity contribution in [1.29, 1.82) is 0 Å². The number of halogens is 1. The van der Waals surface area contributed by atoms with Crippen LogP contribution >= 0.6 is 15.9 Å². The standard InChI is InChI=1S/C34H24BrN/c35-34-20-17-27(32-22-28(36)18-19-31(32)23-7-2-1-3-8-23)21-33(34)26-15-13-25(14-16-26)30-12-6-10-24-9-4-5-11-29(24)30/h1-22H,36H2. The van der Waals surface area contributed by atoms with Crippen molar-refractivity contribution in [2.75, 3.05) is 5.73 Å². The maximum atomic E-state index is 6.22. The number of benzene rings is 6. The zero-order valence-electron chi connectivity index (χ0n) is 19.7. The molecule has 0 amide bonds. The fourth-order valence-corrected chi connectivity index (χ4v) is 5.37. The molecular weight excluding hydrogens is 502 g/mol. The third kappa shape index (κ3) is 4.21. The summed E-state index contributed by atoms with van der Waals surface area (Å²) >= 11 is 3.79. The summed E-state index contributed by atoms with van der Waals surface area (Å²) in [5, 5.41) is 2.52. The molecule has 172 valence electrons. The minimum absolute atomic E-state index is 0.758. The second-order valence-electron chi connectivity index (χ2n) is 8.97. The van der Waals surface area contributed by atoms with Crippen LogP contribution < -0.4 is 5.73 Å². The van der Waals surface area contributed by atoms with E-state index in [1.54, 1.807) is 0 Å². The summed E-state index contributed by atoms with van der Waals surface area (Å²) in [4.78, 5) is 0. The molecule has 0 fully saturated rings. The summed E-state index contributed by atoms with van der Waals surface area (Å²) in [6.45, 7) is 0. The molecule has 2 N–H and O–H groups in total. The van der Waals surface area contributed by atoms with E-state index in [0.29, 0.717) is 0 Å². The Labute approximate surface area is 220 Å². The van der Waals surface area contributed by atoms with Crippen molar-refractivity contribution in [3.05, 3.63) is 138 Å². The lowest BCUT2D eigenvalue weighted by atomic mass is 9.91. The van der Waals surface area contributed by atoms with Crippen LogP contribution in [0.25, 0.3) is 55.3 Å². The number of hydrogen-bond acceptors (Lipinski definition) is 1. The summed E-state index contributed by atoms with van der Waals surface area (Å²) in [6, 6.07) is 47.0. The lowest BCUT2D eigenvalue weighted by Gasteiger charge is -2.14. The quantitative estimate of drug-likeness (QED) is 0.227. The van der Waals surface area contributed by atoms with Gasteiger partial charge in [-0.05, 0) is 79.5 Å². The molecule has 2 heteroatoms. The zero-order chi connectivity index (χ0) is 24.5. The normalized spacial score (nSPS) is 11.0. The van der Waals surface area contributed by atoms with Crippen LogP contribution in [0.5, 0.6) is 0 Å². The number of nitrogens with two attached hydrogens (primary N) is 1. The molecule has 1 nitrogen and oxygen atoms in total. The molecule has 6 aromatic carbocycles. The van der Waals surface area contributed by atoms with Gasteiger partial charge in [-0.15, -0.1) is 0 Å². The van der Waals surface area contributed by atoms with Crippen LogP contribution in [0.1, 0.15) is 0 Å². The van der Waals surface area contributed by atoms with E-state index in [-0.39, 0.29) is 0 Å². The van der Waals surface area contributed by atoms with Crippen LogP contribution in [0.2, 0.25) is 0 Å². The van der Waals surface area contributed by atoms with Crippen molar-refractivity contribution in [2.45, 2.75) is 0 Å². The van der Waals surface area contributed by atoms with E-state index in [0.717, 1.165) is 32.4 Å². The number of anilines is 1. The molecule has 0 spiro atoms. The Bertz CT molecular complexity index is 1680. The molecule has 0 aliphatic rings. The van der Waals surface area contributed by atoms with E-state index in [2.05, 4.69) is 137 Å².